The summed E-state index contributed by atoms with van der Waals surface area (Å²) in [4.78, 5) is 16.5. The van der Waals surface area contributed by atoms with Gasteiger partial charge < -0.3 is 5.32 Å². The third kappa shape index (κ3) is 4.70. The van der Waals surface area contributed by atoms with Crippen LogP contribution in [0.15, 0.2) is 23.6 Å². The van der Waals surface area contributed by atoms with Crippen molar-refractivity contribution < 1.29 is 4.79 Å². The fraction of sp³-hybridized carbons (Fsp3) is 0.333. The van der Waals surface area contributed by atoms with E-state index in [9.17, 15) is 4.79 Å². The van der Waals surface area contributed by atoms with Gasteiger partial charge in [-0.25, -0.2) is 4.98 Å². The highest BCUT2D eigenvalue weighted by Gasteiger charge is 2.18. The minimum atomic E-state index is -0.136. The van der Waals surface area contributed by atoms with Crippen molar-refractivity contribution in [3.8, 4) is 0 Å². The second kappa shape index (κ2) is 6.34. The fourth-order valence-corrected chi connectivity index (χ4v) is 3.26. The van der Waals surface area contributed by atoms with E-state index in [1.165, 1.54) is 11.3 Å². The van der Waals surface area contributed by atoms with Gasteiger partial charge in [-0.05, 0) is 23.8 Å². The molecule has 0 bridgehead atoms. The zero-order valence-electron chi connectivity index (χ0n) is 12.0. The summed E-state index contributed by atoms with van der Waals surface area (Å²) < 4.78 is 0. The molecule has 112 valence electrons. The Morgan fingerprint density at radius 3 is 2.38 bits per heavy atom. The third-order valence-corrected chi connectivity index (χ3v) is 4.00. The van der Waals surface area contributed by atoms with Crippen LogP contribution in [0.25, 0.3) is 0 Å². The molecule has 1 aromatic heterocycles. The molecule has 2 aromatic rings. The summed E-state index contributed by atoms with van der Waals surface area (Å²) in [6.07, 6.45) is 0.213. The van der Waals surface area contributed by atoms with Crippen LogP contribution < -0.4 is 5.32 Å². The Hall–Kier alpha value is -1.10. The smallest absolute Gasteiger partial charge is 0.230 e. The Morgan fingerprint density at radius 1 is 1.24 bits per heavy atom. The van der Waals surface area contributed by atoms with Gasteiger partial charge in [0.25, 0.3) is 0 Å². The first-order valence-corrected chi connectivity index (χ1v) is 8.08. The number of carbonyl (C=O) groups is 1. The second-order valence-corrected chi connectivity index (χ2v) is 7.52. The number of carbonyl (C=O) groups excluding carboxylic acids is 1. The van der Waals surface area contributed by atoms with Crippen LogP contribution in [0.1, 0.15) is 32.0 Å². The molecular formula is C15H16Cl2N2OS. The average Bonchev–Trinajstić information content (AvgIpc) is 2.75. The van der Waals surface area contributed by atoms with E-state index in [-0.39, 0.29) is 17.7 Å². The monoisotopic (exact) mass is 342 g/mol. The summed E-state index contributed by atoms with van der Waals surface area (Å²) in [6.45, 7) is 6.25. The molecule has 0 fully saturated rings. The van der Waals surface area contributed by atoms with Crippen LogP contribution in [0, 0.1) is 0 Å². The molecular weight excluding hydrogens is 327 g/mol. The number of rotatable bonds is 3. The molecule has 0 spiro atoms. The molecule has 0 aliphatic heterocycles. The summed E-state index contributed by atoms with van der Waals surface area (Å²) >= 11 is 13.3. The molecule has 0 aliphatic carbocycles. The van der Waals surface area contributed by atoms with E-state index in [2.05, 4.69) is 31.1 Å². The topological polar surface area (TPSA) is 42.0 Å². The first kappa shape index (κ1) is 16.3. The summed E-state index contributed by atoms with van der Waals surface area (Å²) in [7, 11) is 0. The minimum absolute atomic E-state index is 0.0278. The Morgan fingerprint density at radius 2 is 1.86 bits per heavy atom. The normalized spacial score (nSPS) is 11.5. The lowest BCUT2D eigenvalue weighted by Crippen LogP contribution is -2.15. The Bertz CT molecular complexity index is 642. The second-order valence-electron chi connectivity index (χ2n) is 5.79. The summed E-state index contributed by atoms with van der Waals surface area (Å²) in [6, 6.07) is 5.10. The van der Waals surface area contributed by atoms with Crippen LogP contribution in [0.3, 0.4) is 0 Å². The lowest BCUT2D eigenvalue weighted by Gasteiger charge is -2.14. The SMILES string of the molecule is CC(C)(C)c1csc(NC(=O)Cc2cc(Cl)cc(Cl)c2)n1. The van der Waals surface area contributed by atoms with Gasteiger partial charge in [-0.2, -0.15) is 0 Å². The van der Waals surface area contributed by atoms with E-state index in [1.807, 2.05) is 5.38 Å². The van der Waals surface area contributed by atoms with Gasteiger partial charge in [0.1, 0.15) is 0 Å². The largest absolute Gasteiger partial charge is 0.302 e. The number of hydrogen-bond acceptors (Lipinski definition) is 3. The predicted molar refractivity (Wildman–Crippen MR) is 89.6 cm³/mol. The van der Waals surface area contributed by atoms with Gasteiger partial charge in [-0.15, -0.1) is 11.3 Å². The first-order chi connectivity index (χ1) is 9.74. The van der Waals surface area contributed by atoms with E-state index in [4.69, 9.17) is 23.2 Å². The van der Waals surface area contributed by atoms with Gasteiger partial charge in [0.2, 0.25) is 5.91 Å². The van der Waals surface area contributed by atoms with Crippen LogP contribution in [0.2, 0.25) is 10.0 Å². The Labute approximate surface area is 138 Å². The van der Waals surface area contributed by atoms with Crippen molar-refractivity contribution in [2.24, 2.45) is 0 Å². The molecule has 0 atom stereocenters. The molecule has 0 aliphatic rings. The summed E-state index contributed by atoms with van der Waals surface area (Å²) in [5, 5.41) is 6.42. The van der Waals surface area contributed by atoms with E-state index in [0.717, 1.165) is 11.3 Å². The van der Waals surface area contributed by atoms with Gasteiger partial charge in [-0.1, -0.05) is 44.0 Å². The third-order valence-electron chi connectivity index (χ3n) is 2.81. The minimum Gasteiger partial charge on any atom is -0.302 e. The molecule has 21 heavy (non-hydrogen) atoms. The maximum atomic E-state index is 12.0. The van der Waals surface area contributed by atoms with E-state index >= 15 is 0 Å². The molecule has 1 aromatic carbocycles. The van der Waals surface area contributed by atoms with Crippen molar-refractivity contribution >= 4 is 45.6 Å². The summed E-state index contributed by atoms with van der Waals surface area (Å²) in [5.41, 5.74) is 1.71. The predicted octanol–water partition coefficient (Wildman–Crippen LogP) is 4.93. The van der Waals surface area contributed by atoms with Gasteiger partial charge in [0.05, 0.1) is 12.1 Å². The maximum absolute atomic E-state index is 12.0. The fourth-order valence-electron chi connectivity index (χ4n) is 1.74. The summed E-state index contributed by atoms with van der Waals surface area (Å²) in [5.74, 6) is -0.136. The Balaban J connectivity index is 2.03. The highest BCUT2D eigenvalue weighted by molar-refractivity contribution is 7.13. The van der Waals surface area contributed by atoms with E-state index in [1.54, 1.807) is 18.2 Å². The van der Waals surface area contributed by atoms with Crippen LogP contribution in [0.4, 0.5) is 5.13 Å². The molecule has 1 N–H and O–H groups in total. The van der Waals surface area contributed by atoms with Gasteiger partial charge in [0.15, 0.2) is 5.13 Å². The van der Waals surface area contributed by atoms with Crippen molar-refractivity contribution in [1.29, 1.82) is 0 Å². The van der Waals surface area contributed by atoms with Crippen molar-refractivity contribution in [3.63, 3.8) is 0 Å². The number of nitrogens with one attached hydrogen (secondary N) is 1. The maximum Gasteiger partial charge on any atom is 0.230 e. The highest BCUT2D eigenvalue weighted by Crippen LogP contribution is 2.26. The number of nitrogens with zero attached hydrogens (tertiary/aromatic N) is 1. The number of anilines is 1. The zero-order chi connectivity index (χ0) is 15.6. The number of amides is 1. The lowest BCUT2D eigenvalue weighted by atomic mass is 9.93. The van der Waals surface area contributed by atoms with Crippen LogP contribution in [-0.4, -0.2) is 10.9 Å². The molecule has 0 saturated carbocycles. The van der Waals surface area contributed by atoms with Crippen molar-refractivity contribution in [1.82, 2.24) is 4.98 Å². The molecule has 3 nitrogen and oxygen atoms in total. The standard InChI is InChI=1S/C15H16Cl2N2OS/c1-15(2,3)12-8-21-14(18-12)19-13(20)6-9-4-10(16)7-11(17)5-9/h4-5,7-8H,6H2,1-3H3,(H,18,19,20). The number of benzene rings is 1. The molecule has 1 heterocycles. The quantitative estimate of drug-likeness (QED) is 0.859. The van der Waals surface area contributed by atoms with Gasteiger partial charge in [0, 0.05) is 20.8 Å². The van der Waals surface area contributed by atoms with Crippen LogP contribution >= 0.6 is 34.5 Å². The molecule has 0 saturated heterocycles. The first-order valence-electron chi connectivity index (χ1n) is 6.45. The molecule has 0 radical (unpaired) electrons. The van der Waals surface area contributed by atoms with E-state index < -0.39 is 0 Å². The van der Waals surface area contributed by atoms with Gasteiger partial charge in [-0.3, -0.25) is 4.79 Å². The number of halogens is 2. The molecule has 1 amide bonds. The van der Waals surface area contributed by atoms with Crippen molar-refractivity contribution in [2.45, 2.75) is 32.6 Å². The number of hydrogen-bond donors (Lipinski definition) is 1. The number of aromatic nitrogens is 1. The Kier molecular flexibility index (Phi) is 4.91. The van der Waals surface area contributed by atoms with Crippen LogP contribution in [-0.2, 0) is 16.6 Å². The van der Waals surface area contributed by atoms with E-state index in [0.29, 0.717) is 15.2 Å². The molecule has 2 rings (SSSR count). The van der Waals surface area contributed by atoms with Crippen molar-refractivity contribution in [2.75, 3.05) is 5.32 Å². The highest BCUT2D eigenvalue weighted by atomic mass is 35.5. The number of thiazole rings is 1. The molecule has 6 heteroatoms. The van der Waals surface area contributed by atoms with Gasteiger partial charge >= 0.3 is 0 Å². The zero-order valence-corrected chi connectivity index (χ0v) is 14.4. The average molecular weight is 343 g/mol. The van der Waals surface area contributed by atoms with Crippen LogP contribution in [0.5, 0.6) is 0 Å². The van der Waals surface area contributed by atoms with Crippen molar-refractivity contribution in [3.05, 3.63) is 44.9 Å². The molecule has 0 unspecified atom stereocenters. The lowest BCUT2D eigenvalue weighted by molar-refractivity contribution is -0.115.